The number of nitrogens with two attached hydrogens (primary N) is 1. The average molecular weight is 273 g/mol. The van der Waals surface area contributed by atoms with E-state index in [1.54, 1.807) is 24.1 Å². The summed E-state index contributed by atoms with van der Waals surface area (Å²) in [6, 6.07) is 0. The Bertz CT molecular complexity index is 399. The molecule has 1 aliphatic carbocycles. The molecule has 1 heterocycles. The van der Waals surface area contributed by atoms with Gasteiger partial charge in [0.15, 0.2) is 0 Å². The van der Waals surface area contributed by atoms with Gasteiger partial charge in [-0.3, -0.25) is 4.79 Å². The zero-order chi connectivity index (χ0) is 12.3. The Hall–Kier alpha value is -1.07. The van der Waals surface area contributed by atoms with Crippen molar-refractivity contribution in [3.8, 4) is 0 Å². The standard InChI is InChI=1S/C12H20N4O.ClH/c1-16-9-14-7-10(16)11(17)15-8-12(13)5-3-2-4-6-12;/h7,9H,2-6,8,13H2,1H3,(H,15,17);1H. The molecule has 0 saturated heterocycles. The van der Waals surface area contributed by atoms with Gasteiger partial charge in [-0.2, -0.15) is 0 Å². The van der Waals surface area contributed by atoms with Gasteiger partial charge in [-0.15, -0.1) is 12.4 Å². The SMILES string of the molecule is Cl.Cn1cncc1C(=O)NCC1(N)CCCCC1. The number of nitrogens with zero attached hydrogens (tertiary/aromatic N) is 2. The number of hydrogen-bond acceptors (Lipinski definition) is 3. The predicted molar refractivity (Wildman–Crippen MR) is 72.8 cm³/mol. The molecule has 0 spiro atoms. The minimum Gasteiger partial charge on any atom is -0.349 e. The smallest absolute Gasteiger partial charge is 0.269 e. The van der Waals surface area contributed by atoms with Gasteiger partial charge in [-0.25, -0.2) is 4.98 Å². The molecule has 1 amide bonds. The highest BCUT2D eigenvalue weighted by molar-refractivity contribution is 5.92. The first-order chi connectivity index (χ1) is 8.11. The molecule has 5 nitrogen and oxygen atoms in total. The van der Waals surface area contributed by atoms with E-state index in [1.165, 1.54) is 6.42 Å². The summed E-state index contributed by atoms with van der Waals surface area (Å²) in [5.74, 6) is -0.0969. The molecule has 0 aromatic carbocycles. The summed E-state index contributed by atoms with van der Waals surface area (Å²) in [6.07, 6.45) is 8.77. The van der Waals surface area contributed by atoms with Crippen LogP contribution in [0.25, 0.3) is 0 Å². The topological polar surface area (TPSA) is 72.9 Å². The van der Waals surface area contributed by atoms with E-state index in [0.717, 1.165) is 25.7 Å². The van der Waals surface area contributed by atoms with E-state index in [1.807, 2.05) is 0 Å². The van der Waals surface area contributed by atoms with Crippen molar-refractivity contribution in [1.29, 1.82) is 0 Å². The van der Waals surface area contributed by atoms with Gasteiger partial charge in [0.05, 0.1) is 12.5 Å². The summed E-state index contributed by atoms with van der Waals surface area (Å²) < 4.78 is 1.71. The van der Waals surface area contributed by atoms with Gasteiger partial charge in [-0.05, 0) is 12.8 Å². The number of hydrogen-bond donors (Lipinski definition) is 2. The van der Waals surface area contributed by atoms with Gasteiger partial charge in [0, 0.05) is 19.1 Å². The Morgan fingerprint density at radius 3 is 2.72 bits per heavy atom. The summed E-state index contributed by atoms with van der Waals surface area (Å²) in [4.78, 5) is 15.8. The highest BCUT2D eigenvalue weighted by Gasteiger charge is 2.28. The van der Waals surface area contributed by atoms with E-state index in [2.05, 4.69) is 10.3 Å². The molecule has 18 heavy (non-hydrogen) atoms. The first-order valence-electron chi connectivity index (χ1n) is 6.14. The van der Waals surface area contributed by atoms with Crippen molar-refractivity contribution in [1.82, 2.24) is 14.9 Å². The van der Waals surface area contributed by atoms with Crippen LogP contribution in [0.5, 0.6) is 0 Å². The van der Waals surface area contributed by atoms with Crippen LogP contribution in [-0.4, -0.2) is 27.5 Å². The third kappa shape index (κ3) is 3.46. The minimum atomic E-state index is -0.216. The molecule has 1 fully saturated rings. The lowest BCUT2D eigenvalue weighted by Gasteiger charge is -2.33. The Balaban J connectivity index is 0.00000162. The lowest BCUT2D eigenvalue weighted by Crippen LogP contribution is -2.51. The molecule has 6 heteroatoms. The van der Waals surface area contributed by atoms with Gasteiger partial charge >= 0.3 is 0 Å². The molecule has 0 bridgehead atoms. The van der Waals surface area contributed by atoms with Gasteiger partial charge in [0.2, 0.25) is 0 Å². The third-order valence-corrected chi connectivity index (χ3v) is 3.50. The van der Waals surface area contributed by atoms with E-state index in [-0.39, 0.29) is 23.9 Å². The maximum Gasteiger partial charge on any atom is 0.269 e. The lowest BCUT2D eigenvalue weighted by atomic mass is 9.82. The molecule has 1 aromatic heterocycles. The summed E-state index contributed by atoms with van der Waals surface area (Å²) in [5.41, 5.74) is 6.62. The van der Waals surface area contributed by atoms with Crippen molar-refractivity contribution in [3.63, 3.8) is 0 Å². The average Bonchev–Trinajstić information content (AvgIpc) is 2.74. The molecule has 1 saturated carbocycles. The quantitative estimate of drug-likeness (QED) is 0.869. The Labute approximate surface area is 114 Å². The fourth-order valence-corrected chi connectivity index (χ4v) is 2.36. The van der Waals surface area contributed by atoms with Crippen LogP contribution in [0.3, 0.4) is 0 Å². The van der Waals surface area contributed by atoms with E-state index in [9.17, 15) is 4.79 Å². The highest BCUT2D eigenvalue weighted by Crippen LogP contribution is 2.25. The number of aromatic nitrogens is 2. The maximum atomic E-state index is 11.9. The van der Waals surface area contributed by atoms with Crippen LogP contribution in [0.2, 0.25) is 0 Å². The first-order valence-corrected chi connectivity index (χ1v) is 6.14. The molecule has 0 unspecified atom stereocenters. The third-order valence-electron chi connectivity index (χ3n) is 3.50. The van der Waals surface area contributed by atoms with E-state index in [4.69, 9.17) is 5.73 Å². The van der Waals surface area contributed by atoms with Gasteiger partial charge in [-0.1, -0.05) is 19.3 Å². The monoisotopic (exact) mass is 272 g/mol. The zero-order valence-electron chi connectivity index (χ0n) is 10.7. The summed E-state index contributed by atoms with van der Waals surface area (Å²) in [5, 5.41) is 2.91. The number of aryl methyl sites for hydroxylation is 1. The maximum absolute atomic E-state index is 11.9. The van der Waals surface area contributed by atoms with Gasteiger partial charge in [0.25, 0.3) is 5.91 Å². The number of nitrogens with one attached hydrogen (secondary N) is 1. The number of amides is 1. The van der Waals surface area contributed by atoms with Crippen LogP contribution >= 0.6 is 12.4 Å². The number of halogens is 1. The fourth-order valence-electron chi connectivity index (χ4n) is 2.36. The summed E-state index contributed by atoms with van der Waals surface area (Å²) in [7, 11) is 1.81. The Morgan fingerprint density at radius 2 is 2.17 bits per heavy atom. The number of carbonyl (C=O) groups excluding carboxylic acids is 1. The van der Waals surface area contributed by atoms with E-state index < -0.39 is 0 Å². The fraction of sp³-hybridized carbons (Fsp3) is 0.667. The van der Waals surface area contributed by atoms with Crippen molar-refractivity contribution < 1.29 is 4.79 Å². The van der Waals surface area contributed by atoms with Crippen LogP contribution < -0.4 is 11.1 Å². The number of rotatable bonds is 3. The molecule has 3 N–H and O–H groups in total. The van der Waals surface area contributed by atoms with Crippen LogP contribution in [0.1, 0.15) is 42.6 Å². The van der Waals surface area contributed by atoms with Gasteiger partial charge in [0.1, 0.15) is 5.69 Å². The molecule has 102 valence electrons. The van der Waals surface area contributed by atoms with Crippen molar-refractivity contribution in [2.45, 2.75) is 37.6 Å². The Morgan fingerprint density at radius 1 is 1.50 bits per heavy atom. The summed E-state index contributed by atoms with van der Waals surface area (Å²) in [6.45, 7) is 0.553. The zero-order valence-corrected chi connectivity index (χ0v) is 11.5. The van der Waals surface area contributed by atoms with E-state index in [0.29, 0.717) is 12.2 Å². The molecule has 0 aliphatic heterocycles. The highest BCUT2D eigenvalue weighted by atomic mass is 35.5. The van der Waals surface area contributed by atoms with Crippen LogP contribution in [0.15, 0.2) is 12.5 Å². The van der Waals surface area contributed by atoms with Crippen molar-refractivity contribution in [2.75, 3.05) is 6.54 Å². The van der Waals surface area contributed by atoms with Crippen molar-refractivity contribution in [2.24, 2.45) is 12.8 Å². The van der Waals surface area contributed by atoms with E-state index >= 15 is 0 Å². The second-order valence-electron chi connectivity index (χ2n) is 5.00. The molecular formula is C12H21ClN4O. The van der Waals surface area contributed by atoms with Crippen LogP contribution in [0.4, 0.5) is 0 Å². The molecule has 0 radical (unpaired) electrons. The normalized spacial score (nSPS) is 17.9. The molecular weight excluding hydrogens is 252 g/mol. The van der Waals surface area contributed by atoms with Crippen molar-refractivity contribution in [3.05, 3.63) is 18.2 Å². The molecule has 1 aliphatic rings. The van der Waals surface area contributed by atoms with Crippen LogP contribution in [0, 0.1) is 0 Å². The predicted octanol–water partition coefficient (Wildman–Crippen LogP) is 1.23. The Kier molecular flexibility index (Phi) is 5.16. The molecule has 1 aromatic rings. The molecule has 2 rings (SSSR count). The second-order valence-corrected chi connectivity index (χ2v) is 5.00. The molecule has 0 atom stereocenters. The number of imidazole rings is 1. The number of carbonyl (C=O) groups is 1. The summed E-state index contributed by atoms with van der Waals surface area (Å²) >= 11 is 0. The first kappa shape index (κ1) is 15.0. The largest absolute Gasteiger partial charge is 0.349 e. The lowest BCUT2D eigenvalue weighted by molar-refractivity contribution is 0.0929. The van der Waals surface area contributed by atoms with Crippen molar-refractivity contribution >= 4 is 18.3 Å². The van der Waals surface area contributed by atoms with Crippen LogP contribution in [-0.2, 0) is 7.05 Å². The second kappa shape index (κ2) is 6.20. The van der Waals surface area contributed by atoms with Gasteiger partial charge < -0.3 is 15.6 Å². The minimum absolute atomic E-state index is 0.